The van der Waals surface area contributed by atoms with E-state index in [0.29, 0.717) is 11.8 Å². The first-order valence-electron chi connectivity index (χ1n) is 6.37. The molecule has 0 aliphatic rings. The van der Waals surface area contributed by atoms with E-state index in [1.54, 1.807) is 7.11 Å². The zero-order chi connectivity index (χ0) is 13.0. The highest BCUT2D eigenvalue weighted by Crippen LogP contribution is 2.33. The van der Waals surface area contributed by atoms with Crippen molar-refractivity contribution in [2.24, 2.45) is 11.7 Å². The highest BCUT2D eigenvalue weighted by atomic mass is 16.5. The van der Waals surface area contributed by atoms with Gasteiger partial charge in [0.2, 0.25) is 0 Å². The molecule has 0 heterocycles. The van der Waals surface area contributed by atoms with Gasteiger partial charge in [0.25, 0.3) is 0 Å². The van der Waals surface area contributed by atoms with Crippen LogP contribution in [-0.4, -0.2) is 13.7 Å². The van der Waals surface area contributed by atoms with Crippen LogP contribution in [0.15, 0.2) is 12.1 Å². The van der Waals surface area contributed by atoms with Gasteiger partial charge in [-0.05, 0) is 61.4 Å². The lowest BCUT2D eigenvalue weighted by molar-refractivity contribution is 0.409. The molecule has 0 radical (unpaired) electrons. The Morgan fingerprint density at radius 1 is 1.18 bits per heavy atom. The Bertz CT molecular complexity index is 373. The average Bonchev–Trinajstić information content (AvgIpc) is 2.32. The Kier molecular flexibility index (Phi) is 5.01. The molecule has 96 valence electrons. The lowest BCUT2D eigenvalue weighted by atomic mass is 9.83. The van der Waals surface area contributed by atoms with Crippen molar-refractivity contribution >= 4 is 0 Å². The molecule has 1 rings (SSSR count). The zero-order valence-electron chi connectivity index (χ0n) is 11.7. The summed E-state index contributed by atoms with van der Waals surface area (Å²) in [5.74, 6) is 2.14. The third kappa shape index (κ3) is 3.01. The normalized spacial score (nSPS) is 14.5. The Hall–Kier alpha value is -1.02. The van der Waals surface area contributed by atoms with E-state index in [0.717, 1.165) is 18.7 Å². The number of nitrogens with two attached hydrogens (primary N) is 1. The number of methoxy groups -OCH3 is 1. The molecule has 0 saturated carbocycles. The predicted molar refractivity (Wildman–Crippen MR) is 73.7 cm³/mol. The number of hydrogen-bond donors (Lipinski definition) is 1. The predicted octanol–water partition coefficient (Wildman–Crippen LogP) is 3.40. The summed E-state index contributed by atoms with van der Waals surface area (Å²) in [5.41, 5.74) is 9.65. The summed E-state index contributed by atoms with van der Waals surface area (Å²) in [7, 11) is 1.72. The van der Waals surface area contributed by atoms with Crippen LogP contribution in [-0.2, 0) is 0 Å². The van der Waals surface area contributed by atoms with Crippen molar-refractivity contribution in [1.29, 1.82) is 0 Å². The Balaban J connectivity index is 3.03. The molecule has 17 heavy (non-hydrogen) atoms. The molecule has 1 aromatic carbocycles. The molecule has 0 aromatic heterocycles. The summed E-state index contributed by atoms with van der Waals surface area (Å²) in [6.07, 6.45) is 1.08. The van der Waals surface area contributed by atoms with Gasteiger partial charge in [-0.2, -0.15) is 0 Å². The monoisotopic (exact) mass is 235 g/mol. The second-order valence-electron chi connectivity index (χ2n) is 4.95. The van der Waals surface area contributed by atoms with Gasteiger partial charge in [-0.25, -0.2) is 0 Å². The van der Waals surface area contributed by atoms with E-state index < -0.39 is 0 Å². The molecule has 0 aliphatic carbocycles. The van der Waals surface area contributed by atoms with Crippen LogP contribution in [0.1, 0.15) is 42.9 Å². The van der Waals surface area contributed by atoms with Crippen molar-refractivity contribution in [3.05, 3.63) is 28.8 Å². The number of hydrogen-bond acceptors (Lipinski definition) is 2. The second kappa shape index (κ2) is 6.06. The van der Waals surface area contributed by atoms with Crippen LogP contribution in [0.25, 0.3) is 0 Å². The number of ether oxygens (including phenoxy) is 1. The topological polar surface area (TPSA) is 35.2 Å². The van der Waals surface area contributed by atoms with Gasteiger partial charge in [0.1, 0.15) is 5.75 Å². The Labute approximate surface area is 105 Å². The molecule has 2 heteroatoms. The van der Waals surface area contributed by atoms with Crippen molar-refractivity contribution in [2.75, 3.05) is 13.7 Å². The van der Waals surface area contributed by atoms with Crippen LogP contribution in [0.3, 0.4) is 0 Å². The maximum atomic E-state index is 5.64. The fourth-order valence-corrected chi connectivity index (χ4v) is 2.35. The SMILES string of the molecule is COc1ccc(C(C)C(C)CCN)c(C)c1C. The minimum absolute atomic E-state index is 0.545. The molecule has 0 aliphatic heterocycles. The van der Waals surface area contributed by atoms with Gasteiger partial charge in [-0.15, -0.1) is 0 Å². The molecule has 2 N–H and O–H groups in total. The molecule has 1 aromatic rings. The zero-order valence-corrected chi connectivity index (χ0v) is 11.7. The lowest BCUT2D eigenvalue weighted by Gasteiger charge is -2.23. The second-order valence-corrected chi connectivity index (χ2v) is 4.95. The molecule has 0 saturated heterocycles. The van der Waals surface area contributed by atoms with Crippen LogP contribution in [0.4, 0.5) is 0 Å². The third-order valence-electron chi connectivity index (χ3n) is 3.97. The lowest BCUT2D eigenvalue weighted by Crippen LogP contribution is -2.13. The van der Waals surface area contributed by atoms with Gasteiger partial charge in [0, 0.05) is 0 Å². The fraction of sp³-hybridized carbons (Fsp3) is 0.600. The van der Waals surface area contributed by atoms with E-state index in [-0.39, 0.29) is 0 Å². The summed E-state index contributed by atoms with van der Waals surface area (Å²) < 4.78 is 5.35. The van der Waals surface area contributed by atoms with Gasteiger partial charge in [0.05, 0.1) is 7.11 Å². The van der Waals surface area contributed by atoms with Crippen LogP contribution in [0.2, 0.25) is 0 Å². The molecular formula is C15H25NO. The minimum atomic E-state index is 0.545. The van der Waals surface area contributed by atoms with Crippen molar-refractivity contribution in [3.8, 4) is 5.75 Å². The van der Waals surface area contributed by atoms with Crippen LogP contribution in [0.5, 0.6) is 5.75 Å². The minimum Gasteiger partial charge on any atom is -0.496 e. The highest BCUT2D eigenvalue weighted by molar-refractivity contribution is 5.44. The summed E-state index contributed by atoms with van der Waals surface area (Å²) in [4.78, 5) is 0. The molecule has 0 fully saturated rings. The van der Waals surface area contributed by atoms with E-state index >= 15 is 0 Å². The Morgan fingerprint density at radius 2 is 1.82 bits per heavy atom. The molecule has 0 bridgehead atoms. The number of benzene rings is 1. The van der Waals surface area contributed by atoms with Gasteiger partial charge in [-0.1, -0.05) is 19.9 Å². The summed E-state index contributed by atoms with van der Waals surface area (Å²) in [6.45, 7) is 9.63. The first kappa shape index (κ1) is 14.0. The first-order valence-corrected chi connectivity index (χ1v) is 6.37. The summed E-state index contributed by atoms with van der Waals surface area (Å²) >= 11 is 0. The highest BCUT2D eigenvalue weighted by Gasteiger charge is 2.17. The van der Waals surface area contributed by atoms with Gasteiger partial charge < -0.3 is 10.5 Å². The van der Waals surface area contributed by atoms with E-state index in [9.17, 15) is 0 Å². The van der Waals surface area contributed by atoms with Crippen molar-refractivity contribution in [3.63, 3.8) is 0 Å². The molecule has 2 unspecified atom stereocenters. The molecular weight excluding hydrogens is 210 g/mol. The Morgan fingerprint density at radius 3 is 2.35 bits per heavy atom. The summed E-state index contributed by atoms with van der Waals surface area (Å²) in [6, 6.07) is 4.27. The summed E-state index contributed by atoms with van der Waals surface area (Å²) in [5, 5.41) is 0. The quantitative estimate of drug-likeness (QED) is 0.849. The standard InChI is InChI=1S/C15H25NO/c1-10(8-9-16)11(2)14-6-7-15(17-5)13(4)12(14)3/h6-7,10-11H,8-9,16H2,1-5H3. The van der Waals surface area contributed by atoms with Gasteiger partial charge in [0.15, 0.2) is 0 Å². The first-order chi connectivity index (χ1) is 8.02. The van der Waals surface area contributed by atoms with Gasteiger partial charge >= 0.3 is 0 Å². The fourth-order valence-electron chi connectivity index (χ4n) is 2.35. The smallest absolute Gasteiger partial charge is 0.122 e. The van der Waals surface area contributed by atoms with Crippen LogP contribution in [0, 0.1) is 19.8 Å². The molecule has 0 spiro atoms. The van der Waals surface area contributed by atoms with Crippen molar-refractivity contribution in [2.45, 2.75) is 40.0 Å². The van der Waals surface area contributed by atoms with E-state index in [1.807, 2.05) is 0 Å². The van der Waals surface area contributed by atoms with Gasteiger partial charge in [-0.3, -0.25) is 0 Å². The van der Waals surface area contributed by atoms with Crippen molar-refractivity contribution in [1.82, 2.24) is 0 Å². The maximum absolute atomic E-state index is 5.64. The van der Waals surface area contributed by atoms with E-state index in [4.69, 9.17) is 10.5 Å². The van der Waals surface area contributed by atoms with E-state index in [1.165, 1.54) is 16.7 Å². The maximum Gasteiger partial charge on any atom is 0.122 e. The van der Waals surface area contributed by atoms with Crippen LogP contribution < -0.4 is 10.5 Å². The molecule has 2 nitrogen and oxygen atoms in total. The number of rotatable bonds is 5. The molecule has 2 atom stereocenters. The average molecular weight is 235 g/mol. The molecule has 0 amide bonds. The largest absolute Gasteiger partial charge is 0.496 e. The van der Waals surface area contributed by atoms with Crippen molar-refractivity contribution < 1.29 is 4.74 Å². The van der Waals surface area contributed by atoms with Crippen LogP contribution >= 0.6 is 0 Å². The third-order valence-corrected chi connectivity index (χ3v) is 3.97. The van der Waals surface area contributed by atoms with E-state index in [2.05, 4.69) is 39.8 Å².